The Balaban J connectivity index is 1.12. The van der Waals surface area contributed by atoms with Crippen molar-refractivity contribution in [2.45, 2.75) is 24.4 Å². The molecule has 0 amide bonds. The second kappa shape index (κ2) is 10.1. The zero-order valence-electron chi connectivity index (χ0n) is 22.2. The van der Waals surface area contributed by atoms with Crippen LogP contribution in [0.2, 0.25) is 0 Å². The second-order valence-electron chi connectivity index (χ2n) is 11.1. The molecule has 3 fully saturated rings. The van der Waals surface area contributed by atoms with Crippen LogP contribution in [-0.2, 0) is 5.72 Å². The SMILES string of the molecule is Nc1ncnc2c1c(-c1ccc(Oc3ccccc3)cc1)nn2C1(O)CCN(C2CN(CC3CNC3)C2)C[C@H]1F. The first-order valence-electron chi connectivity index (χ1n) is 13.8. The third-order valence-electron chi connectivity index (χ3n) is 8.47. The number of piperidine rings is 1. The average molecular weight is 545 g/mol. The average Bonchev–Trinajstić information content (AvgIpc) is 3.32. The van der Waals surface area contributed by atoms with E-state index in [-0.39, 0.29) is 18.8 Å². The zero-order chi connectivity index (χ0) is 27.3. The number of halogens is 1. The number of hydrogen-bond acceptors (Lipinski definition) is 9. The van der Waals surface area contributed by atoms with E-state index in [1.807, 2.05) is 54.6 Å². The van der Waals surface area contributed by atoms with Crippen LogP contribution in [0, 0.1) is 5.92 Å². The van der Waals surface area contributed by atoms with Gasteiger partial charge in [0.25, 0.3) is 0 Å². The summed E-state index contributed by atoms with van der Waals surface area (Å²) in [6, 6.07) is 17.2. The minimum atomic E-state index is -1.84. The van der Waals surface area contributed by atoms with Gasteiger partial charge in [-0.2, -0.15) is 5.10 Å². The Labute approximate surface area is 231 Å². The highest BCUT2D eigenvalue weighted by Crippen LogP contribution is 2.38. The molecule has 2 aromatic carbocycles. The van der Waals surface area contributed by atoms with Gasteiger partial charge in [0.2, 0.25) is 0 Å². The number of rotatable bonds is 7. The van der Waals surface area contributed by atoms with Gasteiger partial charge in [0, 0.05) is 63.8 Å². The number of nitrogens with two attached hydrogens (primary N) is 1. The van der Waals surface area contributed by atoms with Gasteiger partial charge >= 0.3 is 0 Å². The number of aromatic nitrogens is 4. The van der Waals surface area contributed by atoms with Crippen LogP contribution in [0.5, 0.6) is 11.5 Å². The molecule has 0 saturated carbocycles. The zero-order valence-corrected chi connectivity index (χ0v) is 22.2. The number of likely N-dealkylation sites (tertiary alicyclic amines) is 2. The first-order chi connectivity index (χ1) is 19.5. The number of alkyl halides is 1. The predicted octanol–water partition coefficient (Wildman–Crippen LogP) is 2.46. The lowest BCUT2D eigenvalue weighted by atomic mass is 9.94. The molecular formula is C29H33FN8O2. The van der Waals surface area contributed by atoms with Crippen molar-refractivity contribution in [1.29, 1.82) is 0 Å². The maximum absolute atomic E-state index is 15.9. The standard InChI is InChI=1S/C29H33FN8O2/c30-24-17-37(21-15-36(16-21)14-19-12-32-13-19)11-10-29(24,39)38-28-25(27(31)33-18-34-28)26(35-38)20-6-8-23(9-7-20)40-22-4-2-1-3-5-22/h1-9,18-19,21,24,32,39H,10-17H2,(H2,31,33,34)/t24-,29?/m1/s1. The molecule has 0 spiro atoms. The van der Waals surface area contributed by atoms with Crippen molar-refractivity contribution in [2.75, 3.05) is 51.5 Å². The molecule has 3 aliphatic rings. The Morgan fingerprint density at radius 2 is 1.77 bits per heavy atom. The van der Waals surface area contributed by atoms with Crippen LogP contribution < -0.4 is 15.8 Å². The van der Waals surface area contributed by atoms with E-state index in [0.29, 0.717) is 35.1 Å². The number of para-hydroxylation sites is 1. The minimum Gasteiger partial charge on any atom is -0.457 e. The Kier molecular flexibility index (Phi) is 6.38. The lowest BCUT2D eigenvalue weighted by molar-refractivity contribution is -0.160. The van der Waals surface area contributed by atoms with Gasteiger partial charge in [-0.1, -0.05) is 18.2 Å². The van der Waals surface area contributed by atoms with E-state index in [0.717, 1.165) is 50.0 Å². The molecule has 4 aromatic rings. The summed E-state index contributed by atoms with van der Waals surface area (Å²) >= 11 is 0. The number of aliphatic hydroxyl groups is 1. The molecule has 0 radical (unpaired) electrons. The molecule has 10 nitrogen and oxygen atoms in total. The van der Waals surface area contributed by atoms with Crippen molar-refractivity contribution in [1.82, 2.24) is 34.9 Å². The van der Waals surface area contributed by atoms with Crippen LogP contribution in [0.3, 0.4) is 0 Å². The van der Waals surface area contributed by atoms with Crippen molar-refractivity contribution in [3.63, 3.8) is 0 Å². The van der Waals surface area contributed by atoms with E-state index in [4.69, 9.17) is 15.6 Å². The molecule has 1 unspecified atom stereocenters. The quantitative estimate of drug-likeness (QED) is 0.323. The predicted molar refractivity (Wildman–Crippen MR) is 150 cm³/mol. The fourth-order valence-electron chi connectivity index (χ4n) is 6.00. The monoisotopic (exact) mass is 544 g/mol. The number of fused-ring (bicyclic) bond motifs is 1. The number of benzene rings is 2. The summed E-state index contributed by atoms with van der Waals surface area (Å²) in [4.78, 5) is 13.1. The third-order valence-corrected chi connectivity index (χ3v) is 8.47. The molecule has 7 rings (SSSR count). The molecule has 3 aliphatic heterocycles. The summed E-state index contributed by atoms with van der Waals surface area (Å²) in [5, 5.41) is 20.2. The van der Waals surface area contributed by atoms with Gasteiger partial charge in [-0.15, -0.1) is 0 Å². The maximum atomic E-state index is 15.9. The van der Waals surface area contributed by atoms with E-state index >= 15 is 4.39 Å². The van der Waals surface area contributed by atoms with Gasteiger partial charge in [0.05, 0.1) is 5.39 Å². The number of nitrogen functional groups attached to an aromatic ring is 1. The van der Waals surface area contributed by atoms with Crippen LogP contribution in [-0.4, -0.2) is 92.7 Å². The molecule has 11 heteroatoms. The molecule has 5 heterocycles. The summed E-state index contributed by atoms with van der Waals surface area (Å²) < 4.78 is 23.1. The Morgan fingerprint density at radius 3 is 2.48 bits per heavy atom. The summed E-state index contributed by atoms with van der Waals surface area (Å²) in [5.41, 5.74) is 5.97. The number of nitrogens with zero attached hydrogens (tertiary/aromatic N) is 6. The van der Waals surface area contributed by atoms with Gasteiger partial charge < -0.3 is 20.9 Å². The Hall–Kier alpha value is -3.64. The third kappa shape index (κ3) is 4.48. The fourth-order valence-corrected chi connectivity index (χ4v) is 6.00. The number of anilines is 1. The maximum Gasteiger partial charge on any atom is 0.194 e. The smallest absolute Gasteiger partial charge is 0.194 e. The largest absolute Gasteiger partial charge is 0.457 e. The summed E-state index contributed by atoms with van der Waals surface area (Å²) in [7, 11) is 0. The first-order valence-corrected chi connectivity index (χ1v) is 13.8. The number of hydrogen-bond donors (Lipinski definition) is 3. The lowest BCUT2D eigenvalue weighted by Gasteiger charge is -2.51. The van der Waals surface area contributed by atoms with E-state index in [1.54, 1.807) is 0 Å². The minimum absolute atomic E-state index is 0.142. The van der Waals surface area contributed by atoms with E-state index in [9.17, 15) is 5.11 Å². The molecule has 2 atom stereocenters. The topological polar surface area (TPSA) is 118 Å². The van der Waals surface area contributed by atoms with Gasteiger partial charge in [-0.25, -0.2) is 19.0 Å². The van der Waals surface area contributed by atoms with Gasteiger partial charge in [0.1, 0.15) is 29.3 Å². The molecule has 0 bridgehead atoms. The molecule has 4 N–H and O–H groups in total. The summed E-state index contributed by atoms with van der Waals surface area (Å²) in [6.45, 7) is 5.89. The van der Waals surface area contributed by atoms with Crippen molar-refractivity contribution >= 4 is 16.9 Å². The highest BCUT2D eigenvalue weighted by molar-refractivity contribution is 5.98. The molecule has 3 saturated heterocycles. The van der Waals surface area contributed by atoms with Crippen LogP contribution in [0.25, 0.3) is 22.3 Å². The van der Waals surface area contributed by atoms with Crippen LogP contribution in [0.1, 0.15) is 6.42 Å². The molecule has 40 heavy (non-hydrogen) atoms. The molecule has 0 aliphatic carbocycles. The van der Waals surface area contributed by atoms with Gasteiger partial charge in [-0.3, -0.25) is 9.80 Å². The van der Waals surface area contributed by atoms with E-state index in [1.165, 1.54) is 11.0 Å². The Bertz CT molecular complexity index is 1490. The Morgan fingerprint density at radius 1 is 1.02 bits per heavy atom. The van der Waals surface area contributed by atoms with Crippen molar-refractivity contribution in [2.24, 2.45) is 5.92 Å². The number of nitrogens with one attached hydrogen (secondary N) is 1. The highest BCUT2D eigenvalue weighted by atomic mass is 19.1. The van der Waals surface area contributed by atoms with Crippen molar-refractivity contribution in [3.05, 3.63) is 60.9 Å². The summed E-state index contributed by atoms with van der Waals surface area (Å²) in [6.07, 6.45) is -0.0240. The van der Waals surface area contributed by atoms with Gasteiger partial charge in [0.15, 0.2) is 17.5 Å². The lowest BCUT2D eigenvalue weighted by Crippen LogP contribution is -2.66. The number of ether oxygens (including phenoxy) is 1. The molecule has 208 valence electrons. The van der Waals surface area contributed by atoms with Crippen molar-refractivity contribution in [3.8, 4) is 22.8 Å². The molecule has 2 aromatic heterocycles. The van der Waals surface area contributed by atoms with Crippen molar-refractivity contribution < 1.29 is 14.2 Å². The molecular weight excluding hydrogens is 511 g/mol. The fraction of sp³-hybridized carbons (Fsp3) is 0.414. The first kappa shape index (κ1) is 25.3. The highest BCUT2D eigenvalue weighted by Gasteiger charge is 2.48. The second-order valence-corrected chi connectivity index (χ2v) is 11.1. The van der Waals surface area contributed by atoms with E-state index in [2.05, 4.69) is 25.1 Å². The summed E-state index contributed by atoms with van der Waals surface area (Å²) in [5.74, 6) is 2.35. The normalized spacial score (nSPS) is 24.6. The van der Waals surface area contributed by atoms with E-state index < -0.39 is 11.9 Å². The van der Waals surface area contributed by atoms with Crippen LogP contribution >= 0.6 is 0 Å². The van der Waals surface area contributed by atoms with Gasteiger partial charge in [-0.05, 0) is 42.3 Å². The van der Waals surface area contributed by atoms with Crippen LogP contribution in [0.4, 0.5) is 10.2 Å². The van der Waals surface area contributed by atoms with Crippen LogP contribution in [0.15, 0.2) is 60.9 Å².